The second-order valence-corrected chi connectivity index (χ2v) is 8.22. The van der Waals surface area contributed by atoms with Gasteiger partial charge in [-0.3, -0.25) is 4.99 Å². The van der Waals surface area contributed by atoms with Gasteiger partial charge in [-0.2, -0.15) is 0 Å². The second-order valence-electron chi connectivity index (χ2n) is 8.22. The van der Waals surface area contributed by atoms with Gasteiger partial charge in [0.2, 0.25) is 0 Å². The van der Waals surface area contributed by atoms with E-state index in [1.165, 1.54) is 31.2 Å². The molecule has 2 aliphatic rings. The average Bonchev–Trinajstić information content (AvgIpc) is 3.14. The first kappa shape index (κ1) is 19.0. The summed E-state index contributed by atoms with van der Waals surface area (Å²) in [5.41, 5.74) is 1.02. The Morgan fingerprint density at radius 2 is 2.00 bits per heavy atom. The number of nitrogens with one attached hydrogen (secondary N) is 2. The smallest absolute Gasteiger partial charge is 0.191 e. The molecule has 26 heavy (non-hydrogen) atoms. The van der Waals surface area contributed by atoms with E-state index >= 15 is 0 Å². The summed E-state index contributed by atoms with van der Waals surface area (Å²) >= 11 is 0. The van der Waals surface area contributed by atoms with Crippen LogP contribution in [0, 0.1) is 0 Å². The van der Waals surface area contributed by atoms with Crippen LogP contribution in [0.3, 0.4) is 0 Å². The summed E-state index contributed by atoms with van der Waals surface area (Å²) in [5, 5.41) is 7.09. The summed E-state index contributed by atoms with van der Waals surface area (Å²) in [4.78, 5) is 6.92. The van der Waals surface area contributed by atoms with Crippen molar-refractivity contribution in [3.8, 4) is 5.75 Å². The molecule has 0 saturated heterocycles. The molecule has 2 N–H and O–H groups in total. The van der Waals surface area contributed by atoms with Crippen molar-refractivity contribution in [2.24, 2.45) is 4.99 Å². The highest BCUT2D eigenvalue weighted by molar-refractivity contribution is 5.80. The van der Waals surface area contributed by atoms with Crippen molar-refractivity contribution in [3.63, 3.8) is 0 Å². The highest BCUT2D eigenvalue weighted by Crippen LogP contribution is 2.39. The number of hydrogen-bond donors (Lipinski definition) is 2. The van der Waals surface area contributed by atoms with E-state index in [0.717, 1.165) is 37.3 Å². The Bertz CT molecular complexity index is 622. The van der Waals surface area contributed by atoms with Crippen LogP contribution in [-0.4, -0.2) is 49.7 Å². The zero-order valence-electron chi connectivity index (χ0n) is 16.7. The average molecular weight is 359 g/mol. The van der Waals surface area contributed by atoms with Gasteiger partial charge in [0.05, 0.1) is 6.04 Å². The first-order chi connectivity index (χ1) is 12.5. The van der Waals surface area contributed by atoms with Crippen LogP contribution in [-0.2, 0) is 0 Å². The molecule has 0 aromatic heterocycles. The number of likely N-dealkylation sites (N-methyl/N-ethyl adjacent to an activating group) is 1. The highest BCUT2D eigenvalue weighted by atomic mass is 16.5. The summed E-state index contributed by atoms with van der Waals surface area (Å²) in [6, 6.07) is 9.26. The molecule has 3 rings (SSSR count). The Kier molecular flexibility index (Phi) is 6.07. The number of hydrogen-bond acceptors (Lipinski definition) is 3. The molecule has 1 fully saturated rings. The molecule has 0 spiro atoms. The van der Waals surface area contributed by atoms with Gasteiger partial charge in [0, 0.05) is 38.2 Å². The van der Waals surface area contributed by atoms with E-state index in [1.54, 1.807) is 0 Å². The minimum Gasteiger partial charge on any atom is -0.487 e. The largest absolute Gasteiger partial charge is 0.487 e. The van der Waals surface area contributed by atoms with E-state index in [0.29, 0.717) is 0 Å². The van der Waals surface area contributed by atoms with Crippen LogP contribution >= 0.6 is 0 Å². The van der Waals surface area contributed by atoms with Crippen LogP contribution in [0.5, 0.6) is 5.75 Å². The molecule has 0 amide bonds. The Balaban J connectivity index is 1.56. The lowest BCUT2D eigenvalue weighted by Gasteiger charge is -2.38. The molecule has 1 aliphatic carbocycles. The maximum Gasteiger partial charge on any atom is 0.191 e. The van der Waals surface area contributed by atoms with Gasteiger partial charge in [-0.05, 0) is 39.8 Å². The summed E-state index contributed by atoms with van der Waals surface area (Å²) in [6.07, 6.45) is 6.36. The maximum atomic E-state index is 6.13. The van der Waals surface area contributed by atoms with Gasteiger partial charge in [0.15, 0.2) is 5.96 Å². The number of ether oxygens (including phenoxy) is 1. The maximum absolute atomic E-state index is 6.13. The fraction of sp³-hybridized carbons (Fsp3) is 0.667. The predicted octanol–water partition coefficient (Wildman–Crippen LogP) is 3.33. The molecule has 1 aromatic rings. The van der Waals surface area contributed by atoms with Crippen molar-refractivity contribution in [2.75, 3.05) is 27.2 Å². The second kappa shape index (κ2) is 8.30. The zero-order chi connectivity index (χ0) is 18.6. The molecule has 1 heterocycles. The lowest BCUT2D eigenvalue weighted by molar-refractivity contribution is 0.0694. The SMILES string of the molecule is CN=C(NCCN(C)C1CCCC1)NC1CC(C)(C)Oc2ccccc21. The molecule has 144 valence electrons. The van der Waals surface area contributed by atoms with Crippen LogP contribution in [0.1, 0.15) is 57.6 Å². The van der Waals surface area contributed by atoms with E-state index in [9.17, 15) is 0 Å². The fourth-order valence-electron chi connectivity index (χ4n) is 4.17. The standard InChI is InChI=1S/C21H34N4O/c1-21(2)15-18(17-11-7-8-12-19(17)26-21)24-20(22-3)23-13-14-25(4)16-9-5-6-10-16/h7-8,11-12,16,18H,5-6,9-10,13-15H2,1-4H3,(H2,22,23,24). The lowest BCUT2D eigenvalue weighted by atomic mass is 9.90. The highest BCUT2D eigenvalue weighted by Gasteiger charge is 2.33. The van der Waals surface area contributed by atoms with Gasteiger partial charge in [0.1, 0.15) is 11.4 Å². The molecule has 1 saturated carbocycles. The Hall–Kier alpha value is -1.75. The van der Waals surface area contributed by atoms with Crippen molar-refractivity contribution < 1.29 is 4.74 Å². The van der Waals surface area contributed by atoms with Gasteiger partial charge in [0.25, 0.3) is 0 Å². The first-order valence-electron chi connectivity index (χ1n) is 9.94. The van der Waals surface area contributed by atoms with Crippen molar-refractivity contribution >= 4 is 5.96 Å². The Labute approximate surface area is 158 Å². The Morgan fingerprint density at radius 3 is 2.73 bits per heavy atom. The monoisotopic (exact) mass is 358 g/mol. The minimum atomic E-state index is -0.187. The number of aliphatic imine (C=N–C) groups is 1. The topological polar surface area (TPSA) is 48.9 Å². The van der Waals surface area contributed by atoms with Gasteiger partial charge < -0.3 is 20.3 Å². The quantitative estimate of drug-likeness (QED) is 0.626. The Morgan fingerprint density at radius 1 is 1.27 bits per heavy atom. The third kappa shape index (κ3) is 4.70. The van der Waals surface area contributed by atoms with Crippen molar-refractivity contribution in [2.45, 2.75) is 63.6 Å². The van der Waals surface area contributed by atoms with Gasteiger partial charge in [-0.1, -0.05) is 31.0 Å². The molecule has 1 unspecified atom stereocenters. The number of rotatable bonds is 5. The first-order valence-corrected chi connectivity index (χ1v) is 9.94. The van der Waals surface area contributed by atoms with Crippen LogP contribution in [0.25, 0.3) is 0 Å². The molecule has 1 aliphatic heterocycles. The molecule has 5 nitrogen and oxygen atoms in total. The van der Waals surface area contributed by atoms with Crippen molar-refractivity contribution in [1.82, 2.24) is 15.5 Å². The summed E-state index contributed by atoms with van der Waals surface area (Å²) in [7, 11) is 4.08. The van der Waals surface area contributed by atoms with E-state index in [2.05, 4.69) is 59.6 Å². The summed E-state index contributed by atoms with van der Waals surface area (Å²) < 4.78 is 6.13. The van der Waals surface area contributed by atoms with E-state index in [4.69, 9.17) is 4.74 Å². The third-order valence-corrected chi connectivity index (χ3v) is 5.62. The molecular formula is C21H34N4O. The molecule has 1 aromatic carbocycles. The molecule has 1 atom stereocenters. The summed E-state index contributed by atoms with van der Waals surface area (Å²) in [6.45, 7) is 6.23. The number of fused-ring (bicyclic) bond motifs is 1. The van der Waals surface area contributed by atoms with Gasteiger partial charge in [-0.15, -0.1) is 0 Å². The number of guanidine groups is 1. The molecule has 0 bridgehead atoms. The third-order valence-electron chi connectivity index (χ3n) is 5.62. The molecule has 5 heteroatoms. The van der Waals surface area contributed by atoms with Crippen LogP contribution < -0.4 is 15.4 Å². The number of para-hydroxylation sites is 1. The van der Waals surface area contributed by atoms with Gasteiger partial charge in [-0.25, -0.2) is 0 Å². The van der Waals surface area contributed by atoms with Crippen molar-refractivity contribution in [3.05, 3.63) is 29.8 Å². The number of nitrogens with zero attached hydrogens (tertiary/aromatic N) is 2. The van der Waals surface area contributed by atoms with Crippen LogP contribution in [0.2, 0.25) is 0 Å². The van der Waals surface area contributed by atoms with E-state index < -0.39 is 0 Å². The predicted molar refractivity (Wildman–Crippen MR) is 108 cm³/mol. The van der Waals surface area contributed by atoms with Crippen molar-refractivity contribution in [1.29, 1.82) is 0 Å². The minimum absolute atomic E-state index is 0.187. The molecule has 0 radical (unpaired) electrons. The summed E-state index contributed by atoms with van der Waals surface area (Å²) in [5.74, 6) is 1.83. The molecular weight excluding hydrogens is 324 g/mol. The van der Waals surface area contributed by atoms with E-state index in [-0.39, 0.29) is 11.6 Å². The van der Waals surface area contributed by atoms with Crippen LogP contribution in [0.15, 0.2) is 29.3 Å². The zero-order valence-corrected chi connectivity index (χ0v) is 16.7. The van der Waals surface area contributed by atoms with E-state index in [1.807, 2.05) is 13.1 Å². The number of benzene rings is 1. The fourth-order valence-corrected chi connectivity index (χ4v) is 4.17. The van der Waals surface area contributed by atoms with Crippen LogP contribution in [0.4, 0.5) is 0 Å². The lowest BCUT2D eigenvalue weighted by Crippen LogP contribution is -2.47. The normalized spacial score (nSPS) is 22.8. The van der Waals surface area contributed by atoms with Gasteiger partial charge >= 0.3 is 0 Å².